The average Bonchev–Trinajstić information content (AvgIpc) is 2.87. The van der Waals surface area contributed by atoms with E-state index in [1.807, 2.05) is 30.9 Å². The van der Waals surface area contributed by atoms with Gasteiger partial charge in [0.15, 0.2) is 0 Å². The van der Waals surface area contributed by atoms with Crippen molar-refractivity contribution in [1.29, 1.82) is 0 Å². The molecule has 2 aromatic heterocycles. The van der Waals surface area contributed by atoms with Gasteiger partial charge in [-0.2, -0.15) is 5.10 Å². The first kappa shape index (κ1) is 13.8. The van der Waals surface area contributed by atoms with Crippen molar-refractivity contribution in [2.75, 3.05) is 13.1 Å². The van der Waals surface area contributed by atoms with E-state index in [0.29, 0.717) is 5.56 Å². The first-order chi connectivity index (χ1) is 10.2. The maximum Gasteiger partial charge on any atom is 0.255 e. The molecule has 3 rings (SSSR count). The summed E-state index contributed by atoms with van der Waals surface area (Å²) in [6, 6.07) is 3.77. The molecule has 1 aliphatic rings. The van der Waals surface area contributed by atoms with E-state index in [-0.39, 0.29) is 5.91 Å². The molecule has 0 spiro atoms. The molecule has 0 bridgehead atoms. The molecule has 0 unspecified atom stereocenters. The summed E-state index contributed by atoms with van der Waals surface area (Å²) in [5.74, 6) is 0.0920. The molecular weight excluding hydrogens is 264 g/mol. The molecule has 0 aliphatic carbocycles. The van der Waals surface area contributed by atoms with Crippen LogP contribution in [-0.4, -0.2) is 39.1 Å². The van der Waals surface area contributed by atoms with Crippen LogP contribution >= 0.6 is 0 Å². The quantitative estimate of drug-likeness (QED) is 0.922. The molecule has 5 heteroatoms. The van der Waals surface area contributed by atoms with Gasteiger partial charge in [0.05, 0.1) is 17.0 Å². The third-order valence-electron chi connectivity index (χ3n) is 4.04. The summed E-state index contributed by atoms with van der Waals surface area (Å²) < 4.78 is 0. The van der Waals surface area contributed by atoms with Crippen molar-refractivity contribution < 1.29 is 4.79 Å². The average molecular weight is 284 g/mol. The zero-order valence-electron chi connectivity index (χ0n) is 12.5. The molecule has 5 nitrogen and oxygen atoms in total. The minimum Gasteiger partial charge on any atom is -0.339 e. The highest BCUT2D eigenvalue weighted by atomic mass is 16.2. The summed E-state index contributed by atoms with van der Waals surface area (Å²) in [6.07, 6.45) is 5.10. The second-order valence-corrected chi connectivity index (χ2v) is 5.59. The number of hydrogen-bond donors (Lipinski definition) is 1. The first-order valence-electron chi connectivity index (χ1n) is 7.44. The Hall–Kier alpha value is -2.17. The fourth-order valence-corrected chi connectivity index (χ4v) is 2.88. The molecule has 0 radical (unpaired) electrons. The molecule has 0 saturated carbocycles. The molecule has 2 aromatic rings. The predicted octanol–water partition coefficient (Wildman–Crippen LogP) is 2.71. The zero-order chi connectivity index (χ0) is 14.8. The second-order valence-electron chi connectivity index (χ2n) is 5.59. The van der Waals surface area contributed by atoms with E-state index in [1.54, 1.807) is 6.20 Å². The Balaban J connectivity index is 1.82. The Bertz CT molecular complexity index is 619. The number of aromatic nitrogens is 3. The van der Waals surface area contributed by atoms with E-state index in [4.69, 9.17) is 0 Å². The van der Waals surface area contributed by atoms with E-state index in [0.717, 1.165) is 48.6 Å². The molecule has 1 aliphatic heterocycles. The Labute approximate surface area is 124 Å². The zero-order valence-corrected chi connectivity index (χ0v) is 12.5. The number of H-pyrrole nitrogens is 1. The van der Waals surface area contributed by atoms with Crippen molar-refractivity contribution >= 4 is 5.91 Å². The van der Waals surface area contributed by atoms with Gasteiger partial charge in [-0.1, -0.05) is 0 Å². The predicted molar refractivity (Wildman–Crippen MR) is 81.0 cm³/mol. The minimum atomic E-state index is 0.0920. The van der Waals surface area contributed by atoms with Crippen molar-refractivity contribution in [2.45, 2.75) is 33.1 Å². The monoisotopic (exact) mass is 284 g/mol. The maximum atomic E-state index is 12.4. The van der Waals surface area contributed by atoms with E-state index >= 15 is 0 Å². The third kappa shape index (κ3) is 2.68. The number of likely N-dealkylation sites (tertiary alicyclic amines) is 1. The van der Waals surface area contributed by atoms with Gasteiger partial charge in [-0.15, -0.1) is 0 Å². The summed E-state index contributed by atoms with van der Waals surface area (Å²) in [6.45, 7) is 5.65. The van der Waals surface area contributed by atoms with Crippen molar-refractivity contribution in [2.24, 2.45) is 0 Å². The molecule has 1 amide bonds. The summed E-state index contributed by atoms with van der Waals surface area (Å²) in [5, 5.41) is 7.14. The van der Waals surface area contributed by atoms with Crippen LogP contribution in [0.4, 0.5) is 0 Å². The van der Waals surface area contributed by atoms with Crippen LogP contribution in [-0.2, 0) is 0 Å². The fraction of sp³-hybridized carbons (Fsp3) is 0.438. The number of aryl methyl sites for hydroxylation is 2. The van der Waals surface area contributed by atoms with E-state index in [9.17, 15) is 4.79 Å². The number of nitrogens with one attached hydrogen (secondary N) is 1. The highest BCUT2D eigenvalue weighted by Gasteiger charge is 2.19. The lowest BCUT2D eigenvalue weighted by Crippen LogP contribution is -2.35. The number of aromatic amines is 1. The number of amides is 1. The number of pyridine rings is 1. The Morgan fingerprint density at radius 3 is 2.52 bits per heavy atom. The Morgan fingerprint density at radius 2 is 1.95 bits per heavy atom. The fourth-order valence-electron chi connectivity index (χ4n) is 2.88. The second kappa shape index (κ2) is 5.68. The Kier molecular flexibility index (Phi) is 3.73. The first-order valence-corrected chi connectivity index (χ1v) is 7.44. The molecular formula is C16H20N4O. The summed E-state index contributed by atoms with van der Waals surface area (Å²) in [5.41, 5.74) is 4.46. The lowest BCUT2D eigenvalue weighted by Gasteiger charge is -2.26. The van der Waals surface area contributed by atoms with Crippen molar-refractivity contribution in [3.63, 3.8) is 0 Å². The standard InChI is InChI=1S/C16H20N4O/c1-11-15(12(2)19-18-11)14-7-6-13(10-17-14)16(21)20-8-4-3-5-9-20/h6-7,10H,3-5,8-9H2,1-2H3,(H,18,19). The lowest BCUT2D eigenvalue weighted by atomic mass is 10.1. The molecule has 21 heavy (non-hydrogen) atoms. The van der Waals surface area contributed by atoms with Crippen LogP contribution in [0.1, 0.15) is 41.0 Å². The number of carbonyl (C=O) groups excluding carboxylic acids is 1. The molecule has 1 N–H and O–H groups in total. The van der Waals surface area contributed by atoms with Gasteiger partial charge >= 0.3 is 0 Å². The minimum absolute atomic E-state index is 0.0920. The number of nitrogens with zero attached hydrogens (tertiary/aromatic N) is 3. The van der Waals surface area contributed by atoms with Gasteiger partial charge in [0.25, 0.3) is 5.91 Å². The number of piperidine rings is 1. The van der Waals surface area contributed by atoms with Crippen LogP contribution in [0.25, 0.3) is 11.3 Å². The van der Waals surface area contributed by atoms with E-state index < -0.39 is 0 Å². The highest BCUT2D eigenvalue weighted by molar-refractivity contribution is 5.94. The van der Waals surface area contributed by atoms with Gasteiger partial charge < -0.3 is 4.90 Å². The van der Waals surface area contributed by atoms with Crippen molar-refractivity contribution in [3.8, 4) is 11.3 Å². The number of carbonyl (C=O) groups is 1. The summed E-state index contributed by atoms with van der Waals surface area (Å²) in [4.78, 5) is 18.8. The van der Waals surface area contributed by atoms with Gasteiger partial charge in [0, 0.05) is 30.5 Å². The largest absolute Gasteiger partial charge is 0.339 e. The normalized spacial score (nSPS) is 15.2. The highest BCUT2D eigenvalue weighted by Crippen LogP contribution is 2.23. The van der Waals surface area contributed by atoms with Gasteiger partial charge in [-0.25, -0.2) is 0 Å². The van der Waals surface area contributed by atoms with Crippen LogP contribution in [0, 0.1) is 13.8 Å². The molecule has 3 heterocycles. The van der Waals surface area contributed by atoms with Crippen LogP contribution in [0.15, 0.2) is 18.3 Å². The van der Waals surface area contributed by atoms with Crippen LogP contribution in [0.3, 0.4) is 0 Å². The van der Waals surface area contributed by atoms with Crippen LogP contribution < -0.4 is 0 Å². The van der Waals surface area contributed by atoms with Crippen molar-refractivity contribution in [1.82, 2.24) is 20.1 Å². The summed E-state index contributed by atoms with van der Waals surface area (Å²) in [7, 11) is 0. The number of hydrogen-bond acceptors (Lipinski definition) is 3. The topological polar surface area (TPSA) is 61.9 Å². The molecule has 1 saturated heterocycles. The van der Waals surface area contributed by atoms with Gasteiger partial charge in [-0.3, -0.25) is 14.9 Å². The van der Waals surface area contributed by atoms with Gasteiger partial charge in [0.2, 0.25) is 0 Å². The molecule has 110 valence electrons. The number of rotatable bonds is 2. The van der Waals surface area contributed by atoms with E-state index in [2.05, 4.69) is 15.2 Å². The molecule has 0 atom stereocenters. The molecule has 1 fully saturated rings. The SMILES string of the molecule is Cc1n[nH]c(C)c1-c1ccc(C(=O)N2CCCCC2)cn1. The summed E-state index contributed by atoms with van der Waals surface area (Å²) >= 11 is 0. The van der Waals surface area contributed by atoms with Crippen LogP contribution in [0.5, 0.6) is 0 Å². The van der Waals surface area contributed by atoms with E-state index in [1.165, 1.54) is 6.42 Å². The third-order valence-corrected chi connectivity index (χ3v) is 4.04. The maximum absolute atomic E-state index is 12.4. The van der Waals surface area contributed by atoms with Crippen molar-refractivity contribution in [3.05, 3.63) is 35.3 Å². The Morgan fingerprint density at radius 1 is 1.19 bits per heavy atom. The van der Waals surface area contributed by atoms with Gasteiger partial charge in [-0.05, 0) is 45.2 Å². The van der Waals surface area contributed by atoms with Gasteiger partial charge in [0.1, 0.15) is 0 Å². The lowest BCUT2D eigenvalue weighted by molar-refractivity contribution is 0.0724. The smallest absolute Gasteiger partial charge is 0.255 e. The molecule has 0 aromatic carbocycles. The van der Waals surface area contributed by atoms with Crippen LogP contribution in [0.2, 0.25) is 0 Å².